The van der Waals surface area contributed by atoms with Gasteiger partial charge in [-0.25, -0.2) is 0 Å². The lowest BCUT2D eigenvalue weighted by atomic mass is 10.0. The summed E-state index contributed by atoms with van der Waals surface area (Å²) >= 11 is 1.78. The van der Waals surface area contributed by atoms with Crippen LogP contribution in [0, 0.1) is 11.8 Å². The molecule has 0 fully saturated rings. The average Bonchev–Trinajstić information content (AvgIpc) is 2.54. The molecule has 2 N–H and O–H groups in total. The average molecular weight is 306 g/mol. The van der Waals surface area contributed by atoms with Crippen LogP contribution < -0.4 is 5.32 Å². The Morgan fingerprint density at radius 2 is 2.19 bits per heavy atom. The third-order valence-electron chi connectivity index (χ3n) is 3.66. The van der Waals surface area contributed by atoms with E-state index in [1.54, 1.807) is 30.2 Å². The molecule has 1 aromatic heterocycles. The van der Waals surface area contributed by atoms with Gasteiger partial charge < -0.3 is 10.4 Å². The van der Waals surface area contributed by atoms with Crippen molar-refractivity contribution in [1.82, 2.24) is 10.3 Å². The van der Waals surface area contributed by atoms with Gasteiger partial charge in [-0.1, -0.05) is 25.7 Å². The van der Waals surface area contributed by atoms with Crippen LogP contribution in [0.15, 0.2) is 18.5 Å². The van der Waals surface area contributed by atoms with Crippen molar-refractivity contribution >= 4 is 17.7 Å². The summed E-state index contributed by atoms with van der Waals surface area (Å²) in [6.45, 7) is 4.65. The molecule has 1 rings (SSSR count). The van der Waals surface area contributed by atoms with Gasteiger partial charge in [-0.3, -0.25) is 9.78 Å². The molecule has 0 atom stereocenters. The van der Waals surface area contributed by atoms with E-state index in [0.29, 0.717) is 17.7 Å². The summed E-state index contributed by atoms with van der Waals surface area (Å²) in [5.74, 6) is 5.15. The zero-order valence-corrected chi connectivity index (χ0v) is 13.6. The third kappa shape index (κ3) is 4.76. The Morgan fingerprint density at radius 1 is 1.48 bits per heavy atom. The van der Waals surface area contributed by atoms with E-state index in [9.17, 15) is 4.79 Å². The number of aromatic nitrogens is 1. The largest absolute Gasteiger partial charge is 0.384 e. The molecule has 4 nitrogen and oxygen atoms in total. The molecule has 0 aliphatic carbocycles. The highest BCUT2D eigenvalue weighted by atomic mass is 32.2. The van der Waals surface area contributed by atoms with Gasteiger partial charge in [-0.05, 0) is 25.2 Å². The highest BCUT2D eigenvalue weighted by Crippen LogP contribution is 2.29. The monoisotopic (exact) mass is 306 g/mol. The Kier molecular flexibility index (Phi) is 7.27. The second kappa shape index (κ2) is 8.71. The van der Waals surface area contributed by atoms with Crippen LogP contribution in [0.2, 0.25) is 0 Å². The molecule has 0 aromatic carbocycles. The van der Waals surface area contributed by atoms with Crippen LogP contribution >= 0.6 is 11.8 Å². The second-order valence-corrected chi connectivity index (χ2v) is 5.93. The van der Waals surface area contributed by atoms with Crippen molar-refractivity contribution in [2.75, 3.05) is 19.4 Å². The lowest BCUT2D eigenvalue weighted by molar-refractivity contribution is 0.0948. The molecule has 0 saturated heterocycles. The topological polar surface area (TPSA) is 62.2 Å². The third-order valence-corrected chi connectivity index (χ3v) is 5.25. The number of hydrogen-bond acceptors (Lipinski definition) is 4. The summed E-state index contributed by atoms with van der Waals surface area (Å²) in [7, 11) is 0. The van der Waals surface area contributed by atoms with Crippen LogP contribution in [0.4, 0.5) is 0 Å². The predicted molar refractivity (Wildman–Crippen MR) is 87.4 cm³/mol. The Labute approximate surface area is 130 Å². The molecular formula is C16H22N2O2S. The molecule has 1 amide bonds. The number of nitrogens with one attached hydrogen (secondary N) is 1. The van der Waals surface area contributed by atoms with Crippen LogP contribution in [0.25, 0.3) is 0 Å². The number of aliphatic hydroxyl groups is 1. The molecule has 1 heterocycles. The van der Waals surface area contributed by atoms with E-state index in [-0.39, 0.29) is 17.3 Å². The van der Waals surface area contributed by atoms with Gasteiger partial charge in [-0.2, -0.15) is 11.8 Å². The zero-order chi connectivity index (χ0) is 15.7. The summed E-state index contributed by atoms with van der Waals surface area (Å²) in [4.78, 5) is 16.3. The maximum Gasteiger partial charge on any atom is 0.252 e. The first kappa shape index (κ1) is 17.5. The number of nitrogens with zero attached hydrogens (tertiary/aromatic N) is 1. The summed E-state index contributed by atoms with van der Waals surface area (Å²) in [5.41, 5.74) is 1.03. The first-order chi connectivity index (χ1) is 10.1. The molecule has 0 spiro atoms. The van der Waals surface area contributed by atoms with Crippen molar-refractivity contribution in [3.05, 3.63) is 29.6 Å². The van der Waals surface area contributed by atoms with E-state index in [1.807, 2.05) is 0 Å². The van der Waals surface area contributed by atoms with Crippen molar-refractivity contribution in [3.63, 3.8) is 0 Å². The molecule has 21 heavy (non-hydrogen) atoms. The van der Waals surface area contributed by atoms with Crippen LogP contribution in [-0.2, 0) is 0 Å². The Hall–Kier alpha value is -1.51. The Morgan fingerprint density at radius 3 is 2.76 bits per heavy atom. The summed E-state index contributed by atoms with van der Waals surface area (Å²) in [6, 6.07) is 1.65. The fraction of sp³-hybridized carbons (Fsp3) is 0.500. The van der Waals surface area contributed by atoms with Crippen LogP contribution in [0.1, 0.15) is 42.6 Å². The molecule has 5 heteroatoms. The highest BCUT2D eigenvalue weighted by molar-refractivity contribution is 8.00. The number of hydrogen-bond donors (Lipinski definition) is 2. The quantitative estimate of drug-likeness (QED) is 0.790. The lowest BCUT2D eigenvalue weighted by Gasteiger charge is -2.29. The fourth-order valence-electron chi connectivity index (χ4n) is 2.02. The molecular weight excluding hydrogens is 284 g/mol. The van der Waals surface area contributed by atoms with E-state index in [2.05, 4.69) is 42.2 Å². The van der Waals surface area contributed by atoms with Gasteiger partial charge >= 0.3 is 0 Å². The minimum Gasteiger partial charge on any atom is -0.384 e. The lowest BCUT2D eigenvalue weighted by Crippen LogP contribution is -2.39. The number of aliphatic hydroxyl groups excluding tert-OH is 1. The van der Waals surface area contributed by atoms with Crippen molar-refractivity contribution in [3.8, 4) is 11.8 Å². The maximum absolute atomic E-state index is 12.3. The van der Waals surface area contributed by atoms with E-state index < -0.39 is 0 Å². The van der Waals surface area contributed by atoms with E-state index >= 15 is 0 Å². The van der Waals surface area contributed by atoms with Crippen molar-refractivity contribution in [2.45, 2.75) is 31.4 Å². The number of rotatable bonds is 6. The van der Waals surface area contributed by atoms with Crippen molar-refractivity contribution < 1.29 is 9.90 Å². The predicted octanol–water partition coefficient (Wildman–Crippen LogP) is 2.08. The molecule has 1 aromatic rings. The van der Waals surface area contributed by atoms with Crippen LogP contribution in [0.5, 0.6) is 0 Å². The fourth-order valence-corrected chi connectivity index (χ4v) is 2.82. The normalized spacial score (nSPS) is 10.7. The molecule has 114 valence electrons. The number of pyridine rings is 1. The van der Waals surface area contributed by atoms with Crippen LogP contribution in [0.3, 0.4) is 0 Å². The summed E-state index contributed by atoms with van der Waals surface area (Å²) in [5, 5.41) is 11.8. The van der Waals surface area contributed by atoms with Gasteiger partial charge in [0.25, 0.3) is 5.91 Å². The first-order valence-corrected chi connectivity index (χ1v) is 8.22. The Bertz CT molecular complexity index is 522. The maximum atomic E-state index is 12.3. The van der Waals surface area contributed by atoms with Gasteiger partial charge in [-0.15, -0.1) is 0 Å². The van der Waals surface area contributed by atoms with Gasteiger partial charge in [0.1, 0.15) is 6.61 Å². The highest BCUT2D eigenvalue weighted by Gasteiger charge is 2.25. The zero-order valence-electron chi connectivity index (χ0n) is 12.8. The molecule has 0 bridgehead atoms. The standard InChI is InChI=1S/C16H22N2O2S/c1-4-16(5-2,21-3)12-18-15(20)14-8-9-17-11-13(14)7-6-10-19/h8-9,11,19H,4-5,10,12H2,1-3H3,(H,18,20). The van der Waals surface area contributed by atoms with Gasteiger partial charge in [0.15, 0.2) is 0 Å². The summed E-state index contributed by atoms with van der Waals surface area (Å²) < 4.78 is 0.0691. The minimum absolute atomic E-state index is 0.0691. The Balaban J connectivity index is 2.85. The molecule has 0 saturated carbocycles. The van der Waals surface area contributed by atoms with Crippen molar-refractivity contribution in [2.24, 2.45) is 0 Å². The number of amides is 1. The molecule has 0 aliphatic heterocycles. The second-order valence-electron chi connectivity index (χ2n) is 4.66. The molecule has 0 aliphatic rings. The number of carbonyl (C=O) groups is 1. The molecule has 0 unspecified atom stereocenters. The van der Waals surface area contributed by atoms with Crippen molar-refractivity contribution in [1.29, 1.82) is 0 Å². The van der Waals surface area contributed by atoms with E-state index in [1.165, 1.54) is 0 Å². The van der Waals surface area contributed by atoms with Gasteiger partial charge in [0.2, 0.25) is 0 Å². The SMILES string of the molecule is CCC(CC)(CNC(=O)c1ccncc1C#CCO)SC. The smallest absolute Gasteiger partial charge is 0.252 e. The van der Waals surface area contributed by atoms with E-state index in [0.717, 1.165) is 12.8 Å². The first-order valence-electron chi connectivity index (χ1n) is 6.99. The van der Waals surface area contributed by atoms with Gasteiger partial charge in [0, 0.05) is 23.7 Å². The van der Waals surface area contributed by atoms with Crippen LogP contribution in [-0.4, -0.2) is 40.2 Å². The van der Waals surface area contributed by atoms with Gasteiger partial charge in [0.05, 0.1) is 11.1 Å². The number of thioether (sulfide) groups is 1. The summed E-state index contributed by atoms with van der Waals surface area (Å²) in [6.07, 6.45) is 7.18. The molecule has 0 radical (unpaired) electrons. The van der Waals surface area contributed by atoms with E-state index in [4.69, 9.17) is 5.11 Å². The number of carbonyl (C=O) groups excluding carboxylic acids is 1. The minimum atomic E-state index is -0.239.